The molecule has 0 bridgehead atoms. The molecule has 2 N–H and O–H groups in total. The van der Waals surface area contributed by atoms with Crippen LogP contribution < -0.4 is 10.6 Å². The number of aromatic nitrogens is 1. The van der Waals surface area contributed by atoms with Crippen LogP contribution in [0.4, 0.5) is 11.4 Å². The summed E-state index contributed by atoms with van der Waals surface area (Å²) in [7, 11) is 1.81. The van der Waals surface area contributed by atoms with Crippen molar-refractivity contribution < 1.29 is 4.79 Å². The minimum Gasteiger partial charge on any atom is -0.388 e. The van der Waals surface area contributed by atoms with Crippen LogP contribution in [-0.4, -0.2) is 17.9 Å². The van der Waals surface area contributed by atoms with E-state index in [1.54, 1.807) is 12.3 Å². The van der Waals surface area contributed by atoms with E-state index in [4.69, 9.17) is 0 Å². The molecule has 0 atom stereocenters. The fraction of sp³-hybridized carbons (Fsp3) is 0.200. The summed E-state index contributed by atoms with van der Waals surface area (Å²) in [6.45, 7) is 4.01. The fourth-order valence-electron chi connectivity index (χ4n) is 1.78. The lowest BCUT2D eigenvalue weighted by molar-refractivity contribution is 0.102. The van der Waals surface area contributed by atoms with Crippen molar-refractivity contribution in [2.24, 2.45) is 0 Å². The second-order valence-electron chi connectivity index (χ2n) is 4.38. The molecule has 2 rings (SSSR count). The van der Waals surface area contributed by atoms with E-state index < -0.39 is 0 Å². The number of aryl methyl sites for hydroxylation is 1. The summed E-state index contributed by atoms with van der Waals surface area (Å²) < 4.78 is 0. The van der Waals surface area contributed by atoms with Crippen LogP contribution in [0.5, 0.6) is 0 Å². The van der Waals surface area contributed by atoms with E-state index in [0.29, 0.717) is 5.69 Å². The number of hydrogen-bond donors (Lipinski definition) is 2. The van der Waals surface area contributed by atoms with Gasteiger partial charge in [-0.05, 0) is 43.2 Å². The largest absolute Gasteiger partial charge is 0.388 e. The Morgan fingerprint density at radius 1 is 1.21 bits per heavy atom. The molecule has 0 saturated carbocycles. The highest BCUT2D eigenvalue weighted by Gasteiger charge is 2.10. The van der Waals surface area contributed by atoms with Crippen LogP contribution in [0.15, 0.2) is 36.5 Å². The van der Waals surface area contributed by atoms with Crippen LogP contribution in [0.1, 0.15) is 21.6 Å². The molecule has 0 saturated heterocycles. The van der Waals surface area contributed by atoms with Gasteiger partial charge in [0, 0.05) is 24.6 Å². The molecule has 19 heavy (non-hydrogen) atoms. The number of benzene rings is 1. The van der Waals surface area contributed by atoms with Gasteiger partial charge in [0.2, 0.25) is 0 Å². The lowest BCUT2D eigenvalue weighted by Gasteiger charge is -2.10. The van der Waals surface area contributed by atoms with E-state index in [-0.39, 0.29) is 5.91 Å². The normalized spacial score (nSPS) is 10.1. The number of nitrogens with zero attached hydrogens (tertiary/aromatic N) is 1. The predicted octanol–water partition coefficient (Wildman–Crippen LogP) is 2.99. The van der Waals surface area contributed by atoms with Crippen LogP contribution >= 0.6 is 0 Å². The van der Waals surface area contributed by atoms with Crippen molar-refractivity contribution in [3.05, 3.63) is 53.3 Å². The minimum atomic E-state index is -0.203. The molecule has 0 aliphatic rings. The van der Waals surface area contributed by atoms with E-state index in [9.17, 15) is 4.79 Å². The third kappa shape index (κ3) is 2.91. The number of nitrogens with one attached hydrogen (secondary N) is 2. The summed E-state index contributed by atoms with van der Waals surface area (Å²) in [6, 6.07) is 9.37. The van der Waals surface area contributed by atoms with Gasteiger partial charge in [-0.25, -0.2) is 0 Å². The number of carbonyl (C=O) groups excluding carboxylic acids is 1. The lowest BCUT2D eigenvalue weighted by Crippen LogP contribution is -2.14. The molecular weight excluding hydrogens is 238 g/mol. The zero-order valence-corrected chi connectivity index (χ0v) is 11.3. The maximum Gasteiger partial charge on any atom is 0.274 e. The SMILES string of the molecule is CNc1ccnc(C(=O)Nc2cccc(C)c2C)c1. The third-order valence-electron chi connectivity index (χ3n) is 3.13. The van der Waals surface area contributed by atoms with E-state index in [2.05, 4.69) is 15.6 Å². The molecule has 1 aromatic carbocycles. The highest BCUT2D eigenvalue weighted by molar-refractivity contribution is 6.03. The van der Waals surface area contributed by atoms with Crippen LogP contribution in [0, 0.1) is 13.8 Å². The molecule has 0 aliphatic heterocycles. The van der Waals surface area contributed by atoms with Gasteiger partial charge in [-0.3, -0.25) is 9.78 Å². The molecule has 0 spiro atoms. The molecule has 0 radical (unpaired) electrons. The summed E-state index contributed by atoms with van der Waals surface area (Å²) in [5.74, 6) is -0.203. The zero-order chi connectivity index (χ0) is 13.8. The number of anilines is 2. The van der Waals surface area contributed by atoms with Crippen molar-refractivity contribution in [1.29, 1.82) is 0 Å². The van der Waals surface area contributed by atoms with Gasteiger partial charge >= 0.3 is 0 Å². The summed E-state index contributed by atoms with van der Waals surface area (Å²) in [4.78, 5) is 16.2. The Bertz CT molecular complexity index is 608. The van der Waals surface area contributed by atoms with Crippen molar-refractivity contribution in [2.45, 2.75) is 13.8 Å². The predicted molar refractivity (Wildman–Crippen MR) is 77.7 cm³/mol. The van der Waals surface area contributed by atoms with Crippen molar-refractivity contribution in [2.75, 3.05) is 17.7 Å². The van der Waals surface area contributed by atoms with Gasteiger partial charge in [0.05, 0.1) is 0 Å². The first kappa shape index (κ1) is 13.1. The maximum atomic E-state index is 12.1. The smallest absolute Gasteiger partial charge is 0.274 e. The van der Waals surface area contributed by atoms with Gasteiger partial charge < -0.3 is 10.6 Å². The number of pyridine rings is 1. The standard InChI is InChI=1S/C15H17N3O/c1-10-5-4-6-13(11(10)2)18-15(19)14-9-12(16-3)7-8-17-14/h4-9H,1-3H3,(H,16,17)(H,18,19). The third-order valence-corrected chi connectivity index (χ3v) is 3.13. The van der Waals surface area contributed by atoms with Gasteiger partial charge in [0.25, 0.3) is 5.91 Å². The molecule has 1 heterocycles. The highest BCUT2D eigenvalue weighted by Crippen LogP contribution is 2.19. The van der Waals surface area contributed by atoms with E-state index >= 15 is 0 Å². The lowest BCUT2D eigenvalue weighted by atomic mass is 10.1. The zero-order valence-electron chi connectivity index (χ0n) is 11.3. The first-order chi connectivity index (χ1) is 9.11. The number of hydrogen-bond acceptors (Lipinski definition) is 3. The van der Waals surface area contributed by atoms with E-state index in [0.717, 1.165) is 22.5 Å². The van der Waals surface area contributed by atoms with E-state index in [1.165, 1.54) is 0 Å². The first-order valence-electron chi connectivity index (χ1n) is 6.13. The van der Waals surface area contributed by atoms with Crippen LogP contribution in [0.3, 0.4) is 0 Å². The highest BCUT2D eigenvalue weighted by atomic mass is 16.1. The van der Waals surface area contributed by atoms with Gasteiger partial charge in [-0.1, -0.05) is 12.1 Å². The van der Waals surface area contributed by atoms with Crippen molar-refractivity contribution >= 4 is 17.3 Å². The number of amides is 1. The van der Waals surface area contributed by atoms with Gasteiger partial charge in [-0.15, -0.1) is 0 Å². The van der Waals surface area contributed by atoms with Gasteiger partial charge in [0.1, 0.15) is 5.69 Å². The summed E-state index contributed by atoms with van der Waals surface area (Å²) in [6.07, 6.45) is 1.61. The van der Waals surface area contributed by atoms with Crippen molar-refractivity contribution in [1.82, 2.24) is 4.98 Å². The summed E-state index contributed by atoms with van der Waals surface area (Å²) in [5.41, 5.74) is 4.30. The molecule has 98 valence electrons. The average molecular weight is 255 g/mol. The van der Waals surface area contributed by atoms with Crippen LogP contribution in [-0.2, 0) is 0 Å². The topological polar surface area (TPSA) is 54.0 Å². The monoisotopic (exact) mass is 255 g/mol. The molecule has 0 fully saturated rings. The van der Waals surface area contributed by atoms with Crippen molar-refractivity contribution in [3.63, 3.8) is 0 Å². The van der Waals surface area contributed by atoms with Crippen LogP contribution in [0.2, 0.25) is 0 Å². The number of carbonyl (C=O) groups is 1. The molecule has 1 aromatic heterocycles. The van der Waals surface area contributed by atoms with E-state index in [1.807, 2.05) is 45.2 Å². The van der Waals surface area contributed by atoms with Crippen LogP contribution in [0.25, 0.3) is 0 Å². The quantitative estimate of drug-likeness (QED) is 0.886. The molecule has 0 unspecified atom stereocenters. The molecule has 4 heteroatoms. The maximum absolute atomic E-state index is 12.1. The molecular formula is C15H17N3O. The average Bonchev–Trinajstić information content (AvgIpc) is 2.44. The summed E-state index contributed by atoms with van der Waals surface area (Å²) >= 11 is 0. The van der Waals surface area contributed by atoms with Crippen molar-refractivity contribution in [3.8, 4) is 0 Å². The Balaban J connectivity index is 2.23. The second kappa shape index (κ2) is 5.52. The Morgan fingerprint density at radius 2 is 2.00 bits per heavy atom. The fourth-order valence-corrected chi connectivity index (χ4v) is 1.78. The second-order valence-corrected chi connectivity index (χ2v) is 4.38. The Morgan fingerprint density at radius 3 is 2.74 bits per heavy atom. The molecule has 0 aliphatic carbocycles. The first-order valence-corrected chi connectivity index (χ1v) is 6.13. The number of rotatable bonds is 3. The summed E-state index contributed by atoms with van der Waals surface area (Å²) in [5, 5.41) is 5.88. The van der Waals surface area contributed by atoms with Gasteiger partial charge in [0.15, 0.2) is 0 Å². The Labute approximate surface area is 112 Å². The molecule has 1 amide bonds. The molecule has 2 aromatic rings. The minimum absolute atomic E-state index is 0.203. The Hall–Kier alpha value is -2.36. The van der Waals surface area contributed by atoms with Gasteiger partial charge in [-0.2, -0.15) is 0 Å². The molecule has 4 nitrogen and oxygen atoms in total. The Kier molecular flexibility index (Phi) is 3.80.